The molecule has 122 valence electrons. The molecule has 0 saturated carbocycles. The minimum Gasteiger partial charge on any atom is -0.436 e. The average Bonchev–Trinajstić information content (AvgIpc) is 3.05. The molecule has 4 aromatic rings. The molecule has 0 amide bonds. The summed E-state index contributed by atoms with van der Waals surface area (Å²) >= 11 is 0. The lowest BCUT2D eigenvalue weighted by molar-refractivity contribution is -0.384. The molecule has 0 aliphatic heterocycles. The van der Waals surface area contributed by atoms with Crippen molar-refractivity contribution in [2.24, 2.45) is 0 Å². The zero-order valence-electron chi connectivity index (χ0n) is 12.8. The van der Waals surface area contributed by atoms with Crippen LogP contribution in [0, 0.1) is 15.9 Å². The highest BCUT2D eigenvalue weighted by atomic mass is 19.1. The van der Waals surface area contributed by atoms with E-state index in [9.17, 15) is 14.5 Å². The van der Waals surface area contributed by atoms with Crippen LogP contribution in [0.15, 0.2) is 71.1 Å². The fraction of sp³-hybridized carbons (Fsp3) is 0. The number of non-ortho nitro benzene ring substituents is 1. The molecule has 0 bridgehead atoms. The van der Waals surface area contributed by atoms with Crippen LogP contribution >= 0.6 is 0 Å². The molecule has 3 aromatic carbocycles. The van der Waals surface area contributed by atoms with E-state index in [1.807, 2.05) is 0 Å². The molecule has 0 N–H and O–H groups in total. The topological polar surface area (TPSA) is 69.2 Å². The Morgan fingerprint density at radius 1 is 0.960 bits per heavy atom. The molecule has 25 heavy (non-hydrogen) atoms. The van der Waals surface area contributed by atoms with Gasteiger partial charge < -0.3 is 4.42 Å². The van der Waals surface area contributed by atoms with Gasteiger partial charge in [-0.05, 0) is 29.8 Å². The summed E-state index contributed by atoms with van der Waals surface area (Å²) in [5, 5.41) is 10.9. The maximum absolute atomic E-state index is 14.0. The normalized spacial score (nSPS) is 10.9. The Labute approximate surface area is 141 Å². The first-order chi connectivity index (χ1) is 12.1. The Morgan fingerprint density at radius 2 is 1.80 bits per heavy atom. The predicted octanol–water partition coefficient (Wildman–Crippen LogP) is 5.21. The van der Waals surface area contributed by atoms with Gasteiger partial charge in [0, 0.05) is 23.3 Å². The zero-order valence-corrected chi connectivity index (χ0v) is 12.8. The summed E-state index contributed by atoms with van der Waals surface area (Å²) in [6, 6.07) is 17.8. The SMILES string of the molecule is O=[N+]([O-])c1cccc(-c2nc3ccc(-c4ccccc4F)cc3o2)c1. The van der Waals surface area contributed by atoms with Crippen molar-refractivity contribution in [2.45, 2.75) is 0 Å². The van der Waals surface area contributed by atoms with Gasteiger partial charge in [-0.25, -0.2) is 9.37 Å². The molecule has 1 heterocycles. The van der Waals surface area contributed by atoms with Crippen molar-refractivity contribution in [1.29, 1.82) is 0 Å². The average molecular weight is 334 g/mol. The van der Waals surface area contributed by atoms with Gasteiger partial charge in [0.05, 0.1) is 4.92 Å². The number of aromatic nitrogens is 1. The van der Waals surface area contributed by atoms with Gasteiger partial charge in [0.15, 0.2) is 5.58 Å². The molecule has 0 atom stereocenters. The van der Waals surface area contributed by atoms with E-state index in [2.05, 4.69) is 4.98 Å². The van der Waals surface area contributed by atoms with Crippen LogP contribution in [-0.2, 0) is 0 Å². The Hall–Kier alpha value is -3.54. The third-order valence-corrected chi connectivity index (χ3v) is 3.88. The molecule has 4 rings (SSSR count). The summed E-state index contributed by atoms with van der Waals surface area (Å²) < 4.78 is 19.7. The van der Waals surface area contributed by atoms with Gasteiger partial charge in [-0.3, -0.25) is 10.1 Å². The number of rotatable bonds is 3. The smallest absolute Gasteiger partial charge is 0.270 e. The molecule has 0 fully saturated rings. The van der Waals surface area contributed by atoms with Crippen molar-refractivity contribution in [3.8, 4) is 22.6 Å². The summed E-state index contributed by atoms with van der Waals surface area (Å²) in [6.45, 7) is 0. The highest BCUT2D eigenvalue weighted by molar-refractivity contribution is 5.82. The van der Waals surface area contributed by atoms with Crippen molar-refractivity contribution in [1.82, 2.24) is 4.98 Å². The standard InChI is InChI=1S/C19H11FN2O3/c20-16-7-2-1-6-15(16)12-8-9-17-18(11-12)25-19(21-17)13-4-3-5-14(10-13)22(23)24/h1-11H. The minimum atomic E-state index is -0.470. The molecule has 0 saturated heterocycles. The fourth-order valence-electron chi connectivity index (χ4n) is 2.66. The molecule has 6 heteroatoms. The molecule has 0 aliphatic carbocycles. The third kappa shape index (κ3) is 2.74. The quantitative estimate of drug-likeness (QED) is 0.381. The van der Waals surface area contributed by atoms with Crippen LogP contribution in [0.5, 0.6) is 0 Å². The van der Waals surface area contributed by atoms with E-state index in [-0.39, 0.29) is 17.4 Å². The number of oxazole rings is 1. The maximum Gasteiger partial charge on any atom is 0.270 e. The summed E-state index contributed by atoms with van der Waals surface area (Å²) in [5.41, 5.74) is 2.71. The lowest BCUT2D eigenvalue weighted by Gasteiger charge is -2.02. The van der Waals surface area contributed by atoms with Crippen molar-refractivity contribution in [3.05, 3.63) is 82.7 Å². The monoisotopic (exact) mass is 334 g/mol. The van der Waals surface area contributed by atoms with Gasteiger partial charge in [-0.1, -0.05) is 30.3 Å². The molecular formula is C19H11FN2O3. The highest BCUT2D eigenvalue weighted by Crippen LogP contribution is 2.30. The van der Waals surface area contributed by atoms with Gasteiger partial charge in [0.25, 0.3) is 5.69 Å². The second-order valence-electron chi connectivity index (χ2n) is 5.49. The number of hydrogen-bond donors (Lipinski definition) is 0. The summed E-state index contributed by atoms with van der Waals surface area (Å²) in [4.78, 5) is 14.8. The molecular weight excluding hydrogens is 323 g/mol. The fourth-order valence-corrected chi connectivity index (χ4v) is 2.66. The summed E-state index contributed by atoms with van der Waals surface area (Å²) in [7, 11) is 0. The lowest BCUT2D eigenvalue weighted by atomic mass is 10.1. The summed E-state index contributed by atoms with van der Waals surface area (Å²) in [6.07, 6.45) is 0. The second-order valence-corrected chi connectivity index (χ2v) is 5.49. The Balaban J connectivity index is 1.80. The second kappa shape index (κ2) is 5.83. The summed E-state index contributed by atoms with van der Waals surface area (Å²) in [5.74, 6) is -0.0374. The van der Waals surface area contributed by atoms with E-state index < -0.39 is 4.92 Å². The van der Waals surface area contributed by atoms with E-state index in [4.69, 9.17) is 4.42 Å². The number of halogens is 1. The minimum absolute atomic E-state index is 0.0354. The first-order valence-corrected chi connectivity index (χ1v) is 7.52. The number of hydrogen-bond acceptors (Lipinski definition) is 4. The van der Waals surface area contributed by atoms with Gasteiger partial charge in [-0.2, -0.15) is 0 Å². The molecule has 0 radical (unpaired) electrons. The van der Waals surface area contributed by atoms with E-state index in [1.54, 1.807) is 48.5 Å². The van der Waals surface area contributed by atoms with E-state index >= 15 is 0 Å². The van der Waals surface area contributed by atoms with Crippen molar-refractivity contribution in [2.75, 3.05) is 0 Å². The van der Waals surface area contributed by atoms with Crippen LogP contribution < -0.4 is 0 Å². The van der Waals surface area contributed by atoms with E-state index in [0.29, 0.717) is 27.8 Å². The number of fused-ring (bicyclic) bond motifs is 1. The van der Waals surface area contributed by atoms with Crippen LogP contribution in [0.25, 0.3) is 33.7 Å². The Kier molecular flexibility index (Phi) is 3.50. The number of nitro groups is 1. The van der Waals surface area contributed by atoms with Gasteiger partial charge in [0.2, 0.25) is 5.89 Å². The van der Waals surface area contributed by atoms with Gasteiger partial charge >= 0.3 is 0 Å². The number of benzene rings is 3. The number of nitrogens with zero attached hydrogens (tertiary/aromatic N) is 2. The van der Waals surface area contributed by atoms with Crippen LogP contribution in [0.3, 0.4) is 0 Å². The van der Waals surface area contributed by atoms with Crippen molar-refractivity contribution in [3.63, 3.8) is 0 Å². The first-order valence-electron chi connectivity index (χ1n) is 7.52. The molecule has 0 spiro atoms. The van der Waals surface area contributed by atoms with E-state index in [0.717, 1.165) is 0 Å². The van der Waals surface area contributed by atoms with Crippen LogP contribution in [0.1, 0.15) is 0 Å². The first kappa shape index (κ1) is 15.0. The van der Waals surface area contributed by atoms with E-state index in [1.165, 1.54) is 18.2 Å². The Morgan fingerprint density at radius 3 is 2.60 bits per heavy atom. The molecule has 0 aliphatic rings. The van der Waals surface area contributed by atoms with Gasteiger partial charge in [-0.15, -0.1) is 0 Å². The lowest BCUT2D eigenvalue weighted by Crippen LogP contribution is -1.87. The zero-order chi connectivity index (χ0) is 17.4. The number of nitro benzene ring substituents is 1. The van der Waals surface area contributed by atoms with Crippen molar-refractivity contribution < 1.29 is 13.7 Å². The molecule has 1 aromatic heterocycles. The van der Waals surface area contributed by atoms with Crippen LogP contribution in [0.2, 0.25) is 0 Å². The van der Waals surface area contributed by atoms with Crippen LogP contribution in [-0.4, -0.2) is 9.91 Å². The van der Waals surface area contributed by atoms with Crippen molar-refractivity contribution >= 4 is 16.8 Å². The maximum atomic E-state index is 14.0. The predicted molar refractivity (Wildman–Crippen MR) is 91.5 cm³/mol. The van der Waals surface area contributed by atoms with Crippen LogP contribution in [0.4, 0.5) is 10.1 Å². The highest BCUT2D eigenvalue weighted by Gasteiger charge is 2.13. The molecule has 0 unspecified atom stereocenters. The largest absolute Gasteiger partial charge is 0.436 e. The third-order valence-electron chi connectivity index (χ3n) is 3.88. The van der Waals surface area contributed by atoms with Gasteiger partial charge in [0.1, 0.15) is 11.3 Å². The Bertz CT molecular complexity index is 1100. The molecule has 5 nitrogen and oxygen atoms in total.